The number of hydrogen-bond acceptors (Lipinski definition) is 3. The van der Waals surface area contributed by atoms with Gasteiger partial charge in [-0.25, -0.2) is 0 Å². The summed E-state index contributed by atoms with van der Waals surface area (Å²) in [6, 6.07) is 10.7. The molecule has 0 radical (unpaired) electrons. The van der Waals surface area contributed by atoms with Gasteiger partial charge in [0.25, 0.3) is 5.91 Å². The maximum atomic E-state index is 12.1. The van der Waals surface area contributed by atoms with Crippen molar-refractivity contribution in [3.05, 3.63) is 58.7 Å². The van der Waals surface area contributed by atoms with Gasteiger partial charge in [0.15, 0.2) is 0 Å². The largest absolute Gasteiger partial charge is 0.505 e. The average molecular weight is 270 g/mol. The smallest absolute Gasteiger partial charge is 0.255 e. The van der Waals surface area contributed by atoms with E-state index in [1.807, 2.05) is 25.1 Å². The molecule has 4 heteroatoms. The minimum Gasteiger partial charge on any atom is -0.505 e. The summed E-state index contributed by atoms with van der Waals surface area (Å²) >= 11 is 0. The number of aromatic hydroxyl groups is 1. The van der Waals surface area contributed by atoms with E-state index in [1.165, 1.54) is 0 Å². The molecule has 0 bridgehead atoms. The molecular formula is C16H18N2O2. The first-order valence-electron chi connectivity index (χ1n) is 6.42. The summed E-state index contributed by atoms with van der Waals surface area (Å²) in [7, 11) is 0. The number of anilines is 1. The molecule has 0 saturated carbocycles. The van der Waals surface area contributed by atoms with E-state index in [2.05, 4.69) is 5.32 Å². The summed E-state index contributed by atoms with van der Waals surface area (Å²) in [6.45, 7) is 4.16. The molecule has 104 valence electrons. The molecule has 2 aromatic carbocycles. The second kappa shape index (κ2) is 5.75. The molecular weight excluding hydrogens is 252 g/mol. The fourth-order valence-electron chi connectivity index (χ4n) is 2.04. The first-order valence-corrected chi connectivity index (χ1v) is 6.42. The van der Waals surface area contributed by atoms with Crippen molar-refractivity contribution < 1.29 is 9.90 Å². The van der Waals surface area contributed by atoms with Gasteiger partial charge in [-0.3, -0.25) is 4.79 Å². The molecule has 0 aromatic heterocycles. The van der Waals surface area contributed by atoms with Gasteiger partial charge in [0, 0.05) is 12.1 Å². The van der Waals surface area contributed by atoms with Gasteiger partial charge in [-0.15, -0.1) is 0 Å². The van der Waals surface area contributed by atoms with Crippen LogP contribution in [0.3, 0.4) is 0 Å². The van der Waals surface area contributed by atoms with Crippen molar-refractivity contribution in [2.24, 2.45) is 5.73 Å². The Balaban J connectivity index is 2.23. The van der Waals surface area contributed by atoms with Gasteiger partial charge in [0.1, 0.15) is 5.75 Å². The van der Waals surface area contributed by atoms with Crippen molar-refractivity contribution in [1.82, 2.24) is 0 Å². The number of carbonyl (C=O) groups is 1. The minimum absolute atomic E-state index is 0.0996. The van der Waals surface area contributed by atoms with E-state index in [4.69, 9.17) is 5.73 Å². The SMILES string of the molecule is Cc1cc(C)c(O)c(NC(=O)c2ccc(CN)cc2)c1. The Morgan fingerprint density at radius 1 is 1.20 bits per heavy atom. The van der Waals surface area contributed by atoms with Crippen LogP contribution in [0.4, 0.5) is 5.69 Å². The predicted molar refractivity (Wildman–Crippen MR) is 79.9 cm³/mol. The van der Waals surface area contributed by atoms with Gasteiger partial charge in [-0.05, 0) is 48.7 Å². The maximum Gasteiger partial charge on any atom is 0.255 e. The predicted octanol–water partition coefficient (Wildman–Crippen LogP) is 2.72. The van der Waals surface area contributed by atoms with Crippen molar-refractivity contribution in [3.8, 4) is 5.75 Å². The van der Waals surface area contributed by atoms with Gasteiger partial charge in [0.05, 0.1) is 5.69 Å². The van der Waals surface area contributed by atoms with Crippen LogP contribution < -0.4 is 11.1 Å². The van der Waals surface area contributed by atoms with E-state index >= 15 is 0 Å². The van der Waals surface area contributed by atoms with Crippen LogP contribution in [0.25, 0.3) is 0 Å². The summed E-state index contributed by atoms with van der Waals surface area (Å²) in [5, 5.41) is 12.7. The van der Waals surface area contributed by atoms with Crippen molar-refractivity contribution in [2.75, 3.05) is 5.32 Å². The molecule has 0 heterocycles. The molecule has 4 nitrogen and oxygen atoms in total. The third-order valence-corrected chi connectivity index (χ3v) is 3.14. The lowest BCUT2D eigenvalue weighted by Crippen LogP contribution is -2.12. The van der Waals surface area contributed by atoms with E-state index in [-0.39, 0.29) is 11.7 Å². The number of amides is 1. The molecule has 0 aliphatic rings. The standard InChI is InChI=1S/C16H18N2O2/c1-10-7-11(2)15(19)14(8-10)18-16(20)13-5-3-12(9-17)4-6-13/h3-8,19H,9,17H2,1-2H3,(H,18,20). The van der Waals surface area contributed by atoms with Crippen LogP contribution in [0.1, 0.15) is 27.0 Å². The topological polar surface area (TPSA) is 75.3 Å². The van der Waals surface area contributed by atoms with E-state index in [0.29, 0.717) is 17.8 Å². The average Bonchev–Trinajstić information content (AvgIpc) is 2.44. The zero-order valence-electron chi connectivity index (χ0n) is 11.6. The summed E-state index contributed by atoms with van der Waals surface area (Å²) in [5.74, 6) is -0.156. The first kappa shape index (κ1) is 14.1. The van der Waals surface area contributed by atoms with Gasteiger partial charge in [-0.2, -0.15) is 0 Å². The van der Waals surface area contributed by atoms with Gasteiger partial charge < -0.3 is 16.2 Å². The lowest BCUT2D eigenvalue weighted by atomic mass is 10.1. The Hall–Kier alpha value is -2.33. The normalized spacial score (nSPS) is 10.3. The molecule has 0 spiro atoms. The van der Waals surface area contributed by atoms with Gasteiger partial charge in [0.2, 0.25) is 0 Å². The number of aryl methyl sites for hydroxylation is 2. The molecule has 0 aliphatic heterocycles. The Labute approximate surface area is 118 Å². The Morgan fingerprint density at radius 2 is 1.85 bits per heavy atom. The Kier molecular flexibility index (Phi) is 4.05. The quantitative estimate of drug-likeness (QED) is 0.751. The number of nitrogens with two attached hydrogens (primary N) is 1. The van der Waals surface area contributed by atoms with Crippen molar-refractivity contribution in [1.29, 1.82) is 0 Å². The number of phenolic OH excluding ortho intramolecular Hbond substituents is 1. The molecule has 1 amide bonds. The summed E-state index contributed by atoms with van der Waals surface area (Å²) in [6.07, 6.45) is 0. The molecule has 4 N–H and O–H groups in total. The molecule has 2 rings (SSSR count). The zero-order chi connectivity index (χ0) is 14.7. The van der Waals surface area contributed by atoms with E-state index in [1.54, 1.807) is 25.1 Å². The highest BCUT2D eigenvalue weighted by Crippen LogP contribution is 2.29. The third-order valence-electron chi connectivity index (χ3n) is 3.14. The number of hydrogen-bond donors (Lipinski definition) is 3. The van der Waals surface area contributed by atoms with Crippen LogP contribution in [-0.2, 0) is 6.54 Å². The molecule has 0 aliphatic carbocycles. The van der Waals surface area contributed by atoms with Crippen LogP contribution in [0.5, 0.6) is 5.75 Å². The van der Waals surface area contributed by atoms with Gasteiger partial charge >= 0.3 is 0 Å². The molecule has 0 unspecified atom stereocenters. The molecule has 0 fully saturated rings. The first-order chi connectivity index (χ1) is 9.51. The highest BCUT2D eigenvalue weighted by molar-refractivity contribution is 6.05. The van der Waals surface area contributed by atoms with Crippen LogP contribution in [0.2, 0.25) is 0 Å². The number of benzene rings is 2. The lowest BCUT2D eigenvalue weighted by molar-refractivity contribution is 0.102. The monoisotopic (exact) mass is 270 g/mol. The molecule has 20 heavy (non-hydrogen) atoms. The molecule has 2 aromatic rings. The van der Waals surface area contributed by atoms with E-state index < -0.39 is 0 Å². The highest BCUT2D eigenvalue weighted by Gasteiger charge is 2.11. The third kappa shape index (κ3) is 2.97. The van der Waals surface area contributed by atoms with Crippen LogP contribution >= 0.6 is 0 Å². The van der Waals surface area contributed by atoms with Crippen molar-refractivity contribution in [3.63, 3.8) is 0 Å². The fraction of sp³-hybridized carbons (Fsp3) is 0.188. The minimum atomic E-state index is -0.256. The van der Waals surface area contributed by atoms with Crippen LogP contribution in [0, 0.1) is 13.8 Å². The Bertz CT molecular complexity index is 634. The zero-order valence-corrected chi connectivity index (χ0v) is 11.6. The molecule has 0 saturated heterocycles. The summed E-state index contributed by atoms with van der Waals surface area (Å²) in [4.78, 5) is 12.1. The second-order valence-corrected chi connectivity index (χ2v) is 4.83. The van der Waals surface area contributed by atoms with E-state index in [0.717, 1.165) is 16.7 Å². The number of nitrogens with one attached hydrogen (secondary N) is 1. The van der Waals surface area contributed by atoms with Crippen molar-refractivity contribution in [2.45, 2.75) is 20.4 Å². The highest BCUT2D eigenvalue weighted by atomic mass is 16.3. The van der Waals surface area contributed by atoms with Crippen LogP contribution in [-0.4, -0.2) is 11.0 Å². The summed E-state index contributed by atoms with van der Waals surface area (Å²) < 4.78 is 0. The van der Waals surface area contributed by atoms with Gasteiger partial charge in [-0.1, -0.05) is 18.2 Å². The second-order valence-electron chi connectivity index (χ2n) is 4.83. The maximum absolute atomic E-state index is 12.1. The van der Waals surface area contributed by atoms with Crippen molar-refractivity contribution >= 4 is 11.6 Å². The summed E-state index contributed by atoms with van der Waals surface area (Å²) in [5.41, 5.74) is 9.16. The number of rotatable bonds is 3. The number of phenols is 1. The lowest BCUT2D eigenvalue weighted by Gasteiger charge is -2.11. The number of carbonyl (C=O) groups excluding carboxylic acids is 1. The Morgan fingerprint density at radius 3 is 2.45 bits per heavy atom. The fourth-order valence-corrected chi connectivity index (χ4v) is 2.04. The van der Waals surface area contributed by atoms with E-state index in [9.17, 15) is 9.90 Å². The molecule has 0 atom stereocenters. The van der Waals surface area contributed by atoms with Crippen LogP contribution in [0.15, 0.2) is 36.4 Å².